The maximum atomic E-state index is 4.70. The largest absolute Gasteiger partial charge is 0.294 e. The molecule has 2 aromatic heterocycles. The van der Waals surface area contributed by atoms with Gasteiger partial charge in [0.25, 0.3) is 0 Å². The maximum Gasteiger partial charge on any atom is 0.124 e. The van der Waals surface area contributed by atoms with Crippen LogP contribution in [-0.4, -0.2) is 23.0 Å². The van der Waals surface area contributed by atoms with E-state index in [1.807, 2.05) is 0 Å². The van der Waals surface area contributed by atoms with Crippen LogP contribution in [0, 0.1) is 0 Å². The molecule has 0 amide bonds. The molecule has 0 aromatic carbocycles. The van der Waals surface area contributed by atoms with Crippen LogP contribution in [0.1, 0.15) is 19.5 Å². The molecule has 0 bridgehead atoms. The van der Waals surface area contributed by atoms with E-state index in [1.165, 1.54) is 11.1 Å². The summed E-state index contributed by atoms with van der Waals surface area (Å²) in [4.78, 5) is 7.06. The summed E-state index contributed by atoms with van der Waals surface area (Å²) in [5, 5.41) is 7.52. The highest BCUT2D eigenvalue weighted by Crippen LogP contribution is 2.26. The fraction of sp³-hybridized carbons (Fsp3) is 0.357. The highest BCUT2D eigenvalue weighted by atomic mass is 32.1. The minimum Gasteiger partial charge on any atom is -0.294 e. The second kappa shape index (κ2) is 6.27. The molecule has 2 aromatic rings. The van der Waals surface area contributed by atoms with Crippen molar-refractivity contribution in [1.82, 2.24) is 9.88 Å². The number of aromatic nitrogens is 1. The van der Waals surface area contributed by atoms with Crippen molar-refractivity contribution in [3.05, 3.63) is 40.1 Å². The molecule has 0 radical (unpaired) electrons. The summed E-state index contributed by atoms with van der Waals surface area (Å²) >= 11 is 3.44. The molecule has 0 saturated heterocycles. The molecule has 0 aliphatic rings. The summed E-state index contributed by atoms with van der Waals surface area (Å²) in [7, 11) is 0. The van der Waals surface area contributed by atoms with Crippen molar-refractivity contribution in [2.45, 2.75) is 20.4 Å². The quantitative estimate of drug-likeness (QED) is 0.734. The minimum absolute atomic E-state index is 0.907. The molecule has 0 aliphatic heterocycles. The van der Waals surface area contributed by atoms with Crippen molar-refractivity contribution in [3.63, 3.8) is 0 Å². The lowest BCUT2D eigenvalue weighted by Gasteiger charge is -2.18. The summed E-state index contributed by atoms with van der Waals surface area (Å²) < 4.78 is 0. The molecule has 0 atom stereocenters. The van der Waals surface area contributed by atoms with Crippen molar-refractivity contribution < 1.29 is 0 Å². The monoisotopic (exact) mass is 278 g/mol. The molecule has 2 rings (SSSR count). The second-order valence-electron chi connectivity index (χ2n) is 4.42. The fourth-order valence-corrected chi connectivity index (χ4v) is 3.31. The van der Waals surface area contributed by atoms with Gasteiger partial charge in [-0.3, -0.25) is 4.90 Å². The Morgan fingerprint density at radius 2 is 2.28 bits per heavy atom. The SMILES string of the molecule is C=C(C)CN(CC)Cc1csc(-c2ccsc2)n1. The van der Waals surface area contributed by atoms with E-state index in [0.717, 1.165) is 30.3 Å². The first kappa shape index (κ1) is 13.5. The van der Waals surface area contributed by atoms with Crippen molar-refractivity contribution in [2.75, 3.05) is 13.1 Å². The lowest BCUT2D eigenvalue weighted by atomic mass is 10.3. The van der Waals surface area contributed by atoms with Crippen LogP contribution in [0.3, 0.4) is 0 Å². The summed E-state index contributed by atoms with van der Waals surface area (Å²) in [6.07, 6.45) is 0. The molecular weight excluding hydrogens is 260 g/mol. The predicted octanol–water partition coefficient (Wildman–Crippen LogP) is 4.27. The molecule has 2 heterocycles. The minimum atomic E-state index is 0.907. The van der Waals surface area contributed by atoms with Crippen LogP contribution in [0.15, 0.2) is 34.4 Å². The van der Waals surface area contributed by atoms with E-state index in [-0.39, 0.29) is 0 Å². The number of thiophene rings is 1. The lowest BCUT2D eigenvalue weighted by molar-refractivity contribution is 0.301. The Morgan fingerprint density at radius 3 is 2.89 bits per heavy atom. The molecule has 0 N–H and O–H groups in total. The van der Waals surface area contributed by atoms with E-state index in [0.29, 0.717) is 0 Å². The number of hydrogen-bond donors (Lipinski definition) is 0. The molecule has 0 spiro atoms. The number of likely N-dealkylation sites (N-methyl/N-ethyl adjacent to an activating group) is 1. The van der Waals surface area contributed by atoms with Crippen LogP contribution in [-0.2, 0) is 6.54 Å². The maximum absolute atomic E-state index is 4.70. The predicted molar refractivity (Wildman–Crippen MR) is 81.2 cm³/mol. The van der Waals surface area contributed by atoms with Crippen LogP contribution in [0.4, 0.5) is 0 Å². The van der Waals surface area contributed by atoms with Crippen molar-refractivity contribution in [3.8, 4) is 10.6 Å². The molecule has 96 valence electrons. The van der Waals surface area contributed by atoms with Crippen molar-refractivity contribution >= 4 is 22.7 Å². The molecule has 0 unspecified atom stereocenters. The smallest absolute Gasteiger partial charge is 0.124 e. The van der Waals surface area contributed by atoms with E-state index in [1.54, 1.807) is 22.7 Å². The number of hydrogen-bond acceptors (Lipinski definition) is 4. The molecule has 18 heavy (non-hydrogen) atoms. The van der Waals surface area contributed by atoms with Gasteiger partial charge in [0.2, 0.25) is 0 Å². The zero-order valence-electron chi connectivity index (χ0n) is 10.8. The normalized spacial score (nSPS) is 11.1. The van der Waals surface area contributed by atoms with Gasteiger partial charge in [-0.1, -0.05) is 19.1 Å². The Balaban J connectivity index is 2.04. The summed E-state index contributed by atoms with van der Waals surface area (Å²) in [5.74, 6) is 0. The van der Waals surface area contributed by atoms with Crippen molar-refractivity contribution in [2.24, 2.45) is 0 Å². The highest BCUT2D eigenvalue weighted by molar-refractivity contribution is 7.14. The van der Waals surface area contributed by atoms with Gasteiger partial charge >= 0.3 is 0 Å². The zero-order valence-corrected chi connectivity index (χ0v) is 12.5. The first-order valence-electron chi connectivity index (χ1n) is 6.02. The summed E-state index contributed by atoms with van der Waals surface area (Å²) in [6.45, 7) is 11.1. The van der Waals surface area contributed by atoms with E-state index in [9.17, 15) is 0 Å². The third-order valence-electron chi connectivity index (χ3n) is 2.65. The Kier molecular flexibility index (Phi) is 4.69. The van der Waals surface area contributed by atoms with Crippen LogP contribution in [0.5, 0.6) is 0 Å². The first-order chi connectivity index (χ1) is 8.69. The average molecular weight is 278 g/mol. The topological polar surface area (TPSA) is 16.1 Å². The Morgan fingerprint density at radius 1 is 1.44 bits per heavy atom. The third kappa shape index (κ3) is 3.51. The van der Waals surface area contributed by atoms with Gasteiger partial charge in [0, 0.05) is 29.4 Å². The van der Waals surface area contributed by atoms with Gasteiger partial charge in [-0.25, -0.2) is 4.98 Å². The van der Waals surface area contributed by atoms with Crippen LogP contribution >= 0.6 is 22.7 Å². The number of nitrogens with zero attached hydrogens (tertiary/aromatic N) is 2. The van der Waals surface area contributed by atoms with E-state index >= 15 is 0 Å². The third-order valence-corrected chi connectivity index (χ3v) is 4.27. The average Bonchev–Trinajstić information content (AvgIpc) is 2.97. The zero-order chi connectivity index (χ0) is 13.0. The Hall–Kier alpha value is -0.970. The first-order valence-corrected chi connectivity index (χ1v) is 7.85. The van der Waals surface area contributed by atoms with Gasteiger partial charge in [0.05, 0.1) is 5.69 Å². The van der Waals surface area contributed by atoms with Crippen LogP contribution in [0.2, 0.25) is 0 Å². The fourth-order valence-electron chi connectivity index (χ4n) is 1.79. The Labute approximate surface area is 117 Å². The van der Waals surface area contributed by atoms with Crippen LogP contribution in [0.25, 0.3) is 10.6 Å². The van der Waals surface area contributed by atoms with Gasteiger partial charge in [-0.05, 0) is 24.9 Å². The van der Waals surface area contributed by atoms with E-state index in [2.05, 4.69) is 47.5 Å². The Bertz CT molecular complexity index is 500. The standard InChI is InChI=1S/C14H18N2S2/c1-4-16(7-11(2)3)8-13-10-18-14(15-13)12-5-6-17-9-12/h5-6,9-10H,2,4,7-8H2,1,3H3. The van der Waals surface area contributed by atoms with Crippen LogP contribution < -0.4 is 0 Å². The van der Waals surface area contributed by atoms with Crippen molar-refractivity contribution in [1.29, 1.82) is 0 Å². The molecule has 0 aliphatic carbocycles. The molecule has 0 fully saturated rings. The van der Waals surface area contributed by atoms with Gasteiger partial charge < -0.3 is 0 Å². The van der Waals surface area contributed by atoms with E-state index < -0.39 is 0 Å². The van der Waals surface area contributed by atoms with E-state index in [4.69, 9.17) is 4.98 Å². The molecule has 2 nitrogen and oxygen atoms in total. The van der Waals surface area contributed by atoms with Gasteiger partial charge in [-0.15, -0.1) is 11.3 Å². The summed E-state index contributed by atoms with van der Waals surface area (Å²) in [5.41, 5.74) is 3.59. The second-order valence-corrected chi connectivity index (χ2v) is 6.05. The number of rotatable bonds is 6. The van der Waals surface area contributed by atoms with Gasteiger partial charge in [0.1, 0.15) is 5.01 Å². The molecule has 0 saturated carbocycles. The van der Waals surface area contributed by atoms with Gasteiger partial charge in [0.15, 0.2) is 0 Å². The van der Waals surface area contributed by atoms with Gasteiger partial charge in [-0.2, -0.15) is 11.3 Å². The number of thiazole rings is 1. The molecular formula is C14H18N2S2. The highest BCUT2D eigenvalue weighted by Gasteiger charge is 2.09. The summed E-state index contributed by atoms with van der Waals surface area (Å²) in [6, 6.07) is 2.12. The molecule has 4 heteroatoms. The lowest BCUT2D eigenvalue weighted by Crippen LogP contribution is -2.24.